The van der Waals surface area contributed by atoms with Crippen molar-refractivity contribution in [2.75, 3.05) is 6.61 Å². The zero-order valence-electron chi connectivity index (χ0n) is 12.3. The molecule has 0 radical (unpaired) electrons. The van der Waals surface area contributed by atoms with Gasteiger partial charge in [-0.25, -0.2) is 4.98 Å². The summed E-state index contributed by atoms with van der Waals surface area (Å²) in [5.74, 6) is 0.742. The van der Waals surface area contributed by atoms with Crippen LogP contribution in [0.5, 0.6) is 5.88 Å². The summed E-state index contributed by atoms with van der Waals surface area (Å²) in [6, 6.07) is 12.7. The molecule has 0 aliphatic heterocycles. The Balaban J connectivity index is 1.57. The SMILES string of the molecule is NCc1cc2c(nc1OCCCc1ccccc1)CCC2. The number of benzene rings is 1. The first-order chi connectivity index (χ1) is 10.4. The van der Waals surface area contributed by atoms with Crippen LogP contribution in [0.15, 0.2) is 36.4 Å². The second kappa shape index (κ2) is 6.72. The van der Waals surface area contributed by atoms with E-state index < -0.39 is 0 Å². The number of pyridine rings is 1. The van der Waals surface area contributed by atoms with Crippen molar-refractivity contribution in [3.8, 4) is 5.88 Å². The minimum Gasteiger partial charge on any atom is -0.477 e. The Morgan fingerprint density at radius 2 is 2.00 bits per heavy atom. The molecule has 0 unspecified atom stereocenters. The van der Waals surface area contributed by atoms with Gasteiger partial charge in [-0.05, 0) is 49.3 Å². The predicted molar refractivity (Wildman–Crippen MR) is 84.4 cm³/mol. The number of fused-ring (bicyclic) bond motifs is 1. The summed E-state index contributed by atoms with van der Waals surface area (Å²) in [5, 5.41) is 0. The highest BCUT2D eigenvalue weighted by Crippen LogP contribution is 2.26. The number of ether oxygens (including phenoxy) is 1. The Hall–Kier alpha value is -1.87. The number of rotatable bonds is 6. The van der Waals surface area contributed by atoms with Crippen molar-refractivity contribution < 1.29 is 4.74 Å². The first-order valence-corrected chi connectivity index (χ1v) is 7.75. The maximum atomic E-state index is 5.88. The van der Waals surface area contributed by atoms with Crippen molar-refractivity contribution in [2.45, 2.75) is 38.6 Å². The maximum Gasteiger partial charge on any atom is 0.218 e. The third-order valence-electron chi connectivity index (χ3n) is 4.00. The lowest BCUT2D eigenvalue weighted by Gasteiger charge is -2.11. The lowest BCUT2D eigenvalue weighted by atomic mass is 10.1. The lowest BCUT2D eigenvalue weighted by molar-refractivity contribution is 0.295. The Morgan fingerprint density at radius 3 is 2.81 bits per heavy atom. The summed E-state index contributed by atoms with van der Waals surface area (Å²) >= 11 is 0. The normalized spacial score (nSPS) is 13.2. The second-order valence-electron chi connectivity index (χ2n) is 5.55. The molecule has 0 fully saturated rings. The van der Waals surface area contributed by atoms with Crippen LogP contribution in [0, 0.1) is 0 Å². The molecule has 0 amide bonds. The molecule has 2 aromatic rings. The van der Waals surface area contributed by atoms with Crippen LogP contribution < -0.4 is 10.5 Å². The van der Waals surface area contributed by atoms with Gasteiger partial charge in [-0.3, -0.25) is 0 Å². The van der Waals surface area contributed by atoms with E-state index in [1.807, 2.05) is 6.07 Å². The molecule has 0 bridgehead atoms. The smallest absolute Gasteiger partial charge is 0.218 e. The van der Waals surface area contributed by atoms with E-state index in [1.165, 1.54) is 23.2 Å². The standard InChI is InChI=1S/C18H22N2O/c19-13-16-12-15-9-4-10-17(15)20-18(16)21-11-5-8-14-6-2-1-3-7-14/h1-3,6-7,12H,4-5,8-11,13,19H2. The molecule has 1 aromatic carbocycles. The molecular formula is C18H22N2O. The van der Waals surface area contributed by atoms with Gasteiger partial charge in [0.05, 0.1) is 6.61 Å². The highest BCUT2D eigenvalue weighted by Gasteiger charge is 2.16. The van der Waals surface area contributed by atoms with Gasteiger partial charge < -0.3 is 10.5 Å². The average molecular weight is 282 g/mol. The number of aryl methyl sites for hydroxylation is 3. The van der Waals surface area contributed by atoms with Crippen molar-refractivity contribution in [3.63, 3.8) is 0 Å². The summed E-state index contributed by atoms with van der Waals surface area (Å²) in [6.07, 6.45) is 5.42. The van der Waals surface area contributed by atoms with Crippen LogP contribution in [0.3, 0.4) is 0 Å². The predicted octanol–water partition coefficient (Wildman–Crippen LogP) is 3.04. The highest BCUT2D eigenvalue weighted by atomic mass is 16.5. The summed E-state index contributed by atoms with van der Waals surface area (Å²) in [7, 11) is 0. The molecule has 2 N–H and O–H groups in total. The van der Waals surface area contributed by atoms with E-state index in [2.05, 4.69) is 35.3 Å². The van der Waals surface area contributed by atoms with E-state index >= 15 is 0 Å². The quantitative estimate of drug-likeness (QED) is 0.828. The summed E-state index contributed by atoms with van der Waals surface area (Å²) in [6.45, 7) is 1.18. The molecule has 1 aliphatic carbocycles. The van der Waals surface area contributed by atoms with Crippen LogP contribution in [-0.2, 0) is 25.8 Å². The Labute approximate surface area is 126 Å². The van der Waals surface area contributed by atoms with Gasteiger partial charge in [0.1, 0.15) is 0 Å². The minimum atomic E-state index is 0.494. The monoisotopic (exact) mass is 282 g/mol. The molecule has 3 rings (SSSR count). The molecule has 0 saturated carbocycles. The Kier molecular flexibility index (Phi) is 4.51. The van der Waals surface area contributed by atoms with Gasteiger partial charge in [0.15, 0.2) is 0 Å². The third-order valence-corrected chi connectivity index (χ3v) is 4.00. The molecule has 110 valence electrons. The van der Waals surface area contributed by atoms with Gasteiger partial charge in [-0.1, -0.05) is 30.3 Å². The van der Waals surface area contributed by atoms with Crippen molar-refractivity contribution in [1.82, 2.24) is 4.98 Å². The van der Waals surface area contributed by atoms with Gasteiger partial charge >= 0.3 is 0 Å². The number of hydrogen-bond acceptors (Lipinski definition) is 3. The van der Waals surface area contributed by atoms with Crippen molar-refractivity contribution >= 4 is 0 Å². The number of nitrogens with zero attached hydrogens (tertiary/aromatic N) is 1. The van der Waals surface area contributed by atoms with Crippen LogP contribution in [-0.4, -0.2) is 11.6 Å². The molecule has 0 spiro atoms. The topological polar surface area (TPSA) is 48.1 Å². The molecule has 3 nitrogen and oxygen atoms in total. The molecule has 0 saturated heterocycles. The fourth-order valence-electron chi connectivity index (χ4n) is 2.86. The van der Waals surface area contributed by atoms with Gasteiger partial charge in [0, 0.05) is 17.8 Å². The lowest BCUT2D eigenvalue weighted by Crippen LogP contribution is -2.08. The van der Waals surface area contributed by atoms with Crippen LogP contribution in [0.2, 0.25) is 0 Å². The number of nitrogens with two attached hydrogens (primary N) is 1. The average Bonchev–Trinajstić information content (AvgIpc) is 2.99. The fraction of sp³-hybridized carbons (Fsp3) is 0.389. The molecule has 1 aromatic heterocycles. The molecular weight excluding hydrogens is 260 g/mol. The van der Waals surface area contributed by atoms with Gasteiger partial charge in [0.25, 0.3) is 0 Å². The van der Waals surface area contributed by atoms with Crippen LogP contribution in [0.1, 0.15) is 35.2 Å². The zero-order valence-corrected chi connectivity index (χ0v) is 12.3. The largest absolute Gasteiger partial charge is 0.477 e. The molecule has 1 aliphatic rings. The van der Waals surface area contributed by atoms with Gasteiger partial charge in [0.2, 0.25) is 5.88 Å². The van der Waals surface area contributed by atoms with Crippen LogP contribution in [0.25, 0.3) is 0 Å². The van der Waals surface area contributed by atoms with E-state index in [0.29, 0.717) is 13.2 Å². The molecule has 21 heavy (non-hydrogen) atoms. The third kappa shape index (κ3) is 3.42. The molecule has 3 heteroatoms. The van der Waals surface area contributed by atoms with Crippen LogP contribution >= 0.6 is 0 Å². The second-order valence-corrected chi connectivity index (χ2v) is 5.55. The summed E-state index contributed by atoms with van der Waals surface area (Å²) < 4.78 is 5.88. The Bertz CT molecular complexity index is 596. The number of hydrogen-bond donors (Lipinski definition) is 1. The number of aromatic nitrogens is 1. The minimum absolute atomic E-state index is 0.494. The first-order valence-electron chi connectivity index (χ1n) is 7.75. The zero-order chi connectivity index (χ0) is 14.5. The van der Waals surface area contributed by atoms with Crippen molar-refractivity contribution in [1.29, 1.82) is 0 Å². The van der Waals surface area contributed by atoms with E-state index in [4.69, 9.17) is 10.5 Å². The van der Waals surface area contributed by atoms with Crippen molar-refractivity contribution in [3.05, 3.63) is 58.8 Å². The van der Waals surface area contributed by atoms with E-state index in [1.54, 1.807) is 0 Å². The van der Waals surface area contributed by atoms with E-state index in [9.17, 15) is 0 Å². The van der Waals surface area contributed by atoms with Gasteiger partial charge in [-0.15, -0.1) is 0 Å². The molecule has 0 atom stereocenters. The highest BCUT2D eigenvalue weighted by molar-refractivity contribution is 5.36. The van der Waals surface area contributed by atoms with Crippen molar-refractivity contribution in [2.24, 2.45) is 5.73 Å². The maximum absolute atomic E-state index is 5.88. The Morgan fingerprint density at radius 1 is 1.14 bits per heavy atom. The van der Waals surface area contributed by atoms with Crippen LogP contribution in [0.4, 0.5) is 0 Å². The first kappa shape index (κ1) is 14.1. The van der Waals surface area contributed by atoms with Gasteiger partial charge in [-0.2, -0.15) is 0 Å². The summed E-state index contributed by atoms with van der Waals surface area (Å²) in [4.78, 5) is 4.67. The van der Waals surface area contributed by atoms with E-state index in [-0.39, 0.29) is 0 Å². The molecule has 1 heterocycles. The fourth-order valence-corrected chi connectivity index (χ4v) is 2.86. The summed E-state index contributed by atoms with van der Waals surface area (Å²) in [5.41, 5.74) is 10.8. The van der Waals surface area contributed by atoms with E-state index in [0.717, 1.165) is 37.1 Å².